The van der Waals surface area contributed by atoms with Crippen molar-refractivity contribution < 1.29 is 23.0 Å². The van der Waals surface area contributed by atoms with Gasteiger partial charge in [-0.1, -0.05) is 17.7 Å². The van der Waals surface area contributed by atoms with Crippen molar-refractivity contribution in [3.05, 3.63) is 29.8 Å². The largest absolute Gasteiger partial charge is 0.388 e. The van der Waals surface area contributed by atoms with E-state index < -0.39 is 23.3 Å². The van der Waals surface area contributed by atoms with Gasteiger partial charge in [0.05, 0.1) is 18.1 Å². The smallest absolute Gasteiger partial charge is 0.189 e. The first-order chi connectivity index (χ1) is 9.15. The number of fused-ring (bicyclic) bond motifs is 1. The molecule has 2 aliphatic rings. The standard InChI is InChI=1S/C13H16O5S/c1-8-2-4-9(5-3-8)19(15)18-11-7-17-12-10(14)6-16-13(11)12/h2-5,10-14H,6-7H2,1H3/t10-,11?,12-,13-,19?/m1/s1. The first-order valence-electron chi connectivity index (χ1n) is 6.22. The lowest BCUT2D eigenvalue weighted by atomic mass is 10.1. The summed E-state index contributed by atoms with van der Waals surface area (Å²) >= 11 is -1.54. The lowest BCUT2D eigenvalue weighted by Crippen LogP contribution is -2.33. The van der Waals surface area contributed by atoms with Gasteiger partial charge >= 0.3 is 0 Å². The van der Waals surface area contributed by atoms with Gasteiger partial charge in [-0.05, 0) is 19.1 Å². The molecular formula is C13H16O5S. The topological polar surface area (TPSA) is 65.0 Å². The van der Waals surface area contributed by atoms with Crippen molar-refractivity contribution in [2.45, 2.75) is 36.2 Å². The van der Waals surface area contributed by atoms with Crippen LogP contribution in [0, 0.1) is 6.92 Å². The highest BCUT2D eigenvalue weighted by molar-refractivity contribution is 7.80. The molecule has 1 N–H and O–H groups in total. The minimum atomic E-state index is -1.54. The summed E-state index contributed by atoms with van der Waals surface area (Å²) in [7, 11) is 0. The molecule has 5 nitrogen and oxygen atoms in total. The maximum absolute atomic E-state index is 12.1. The van der Waals surface area contributed by atoms with Gasteiger partial charge in [-0.25, -0.2) is 4.21 Å². The Morgan fingerprint density at radius 3 is 2.63 bits per heavy atom. The van der Waals surface area contributed by atoms with E-state index in [0.717, 1.165) is 5.56 Å². The second kappa shape index (κ2) is 5.30. The van der Waals surface area contributed by atoms with E-state index >= 15 is 0 Å². The average Bonchev–Trinajstić information content (AvgIpc) is 2.95. The van der Waals surface area contributed by atoms with E-state index in [1.165, 1.54) is 0 Å². The average molecular weight is 284 g/mol. The van der Waals surface area contributed by atoms with Gasteiger partial charge in [0.15, 0.2) is 11.1 Å². The van der Waals surface area contributed by atoms with E-state index in [0.29, 0.717) is 11.5 Å². The minimum Gasteiger partial charge on any atom is -0.388 e. The van der Waals surface area contributed by atoms with E-state index in [1.54, 1.807) is 12.1 Å². The normalized spacial score (nSPS) is 35.3. The van der Waals surface area contributed by atoms with Crippen molar-refractivity contribution in [1.82, 2.24) is 0 Å². The highest BCUT2D eigenvalue weighted by Gasteiger charge is 2.48. The fraction of sp³-hybridized carbons (Fsp3) is 0.538. The van der Waals surface area contributed by atoms with Crippen LogP contribution in [-0.4, -0.2) is 46.9 Å². The van der Waals surface area contributed by atoms with Crippen LogP contribution in [0.1, 0.15) is 5.56 Å². The Balaban J connectivity index is 1.66. The molecule has 3 rings (SSSR count). The molecule has 2 saturated heterocycles. The number of benzene rings is 1. The molecule has 1 aromatic carbocycles. The predicted molar refractivity (Wildman–Crippen MR) is 67.9 cm³/mol. The van der Waals surface area contributed by atoms with Gasteiger partial charge in [0.1, 0.15) is 24.4 Å². The van der Waals surface area contributed by atoms with Gasteiger partial charge in [0.2, 0.25) is 0 Å². The lowest BCUT2D eigenvalue weighted by molar-refractivity contribution is 0.0108. The fourth-order valence-corrected chi connectivity index (χ4v) is 3.20. The molecule has 2 fully saturated rings. The highest BCUT2D eigenvalue weighted by atomic mass is 32.2. The summed E-state index contributed by atoms with van der Waals surface area (Å²) in [6.45, 7) is 2.51. The van der Waals surface area contributed by atoms with Gasteiger partial charge in [-0.2, -0.15) is 0 Å². The number of aliphatic hydroxyl groups excluding tert-OH is 1. The molecule has 5 atom stereocenters. The Labute approximate surface area is 114 Å². The SMILES string of the molecule is Cc1ccc(S(=O)OC2CO[C@@H]3[C@H](O)CO[C@H]23)cc1. The van der Waals surface area contributed by atoms with Crippen molar-refractivity contribution in [3.63, 3.8) is 0 Å². The third kappa shape index (κ3) is 2.59. The molecule has 1 aromatic rings. The third-order valence-corrected chi connectivity index (χ3v) is 4.49. The molecule has 104 valence electrons. The highest BCUT2D eigenvalue weighted by Crippen LogP contribution is 2.29. The molecule has 0 bridgehead atoms. The number of aliphatic hydroxyl groups is 1. The summed E-state index contributed by atoms with van der Waals surface area (Å²) in [5.41, 5.74) is 1.10. The molecule has 0 radical (unpaired) electrons. The van der Waals surface area contributed by atoms with E-state index in [4.69, 9.17) is 13.7 Å². The van der Waals surface area contributed by atoms with Crippen molar-refractivity contribution in [2.75, 3.05) is 13.2 Å². The van der Waals surface area contributed by atoms with E-state index in [2.05, 4.69) is 0 Å². The molecule has 2 unspecified atom stereocenters. The first-order valence-corrected chi connectivity index (χ1v) is 7.29. The molecular weight excluding hydrogens is 268 g/mol. The van der Waals surface area contributed by atoms with Gasteiger partial charge in [0, 0.05) is 0 Å². The third-order valence-electron chi connectivity index (χ3n) is 3.41. The molecule has 2 heterocycles. The molecule has 0 spiro atoms. The van der Waals surface area contributed by atoms with Gasteiger partial charge in [-0.15, -0.1) is 0 Å². The minimum absolute atomic E-state index is 0.242. The zero-order valence-corrected chi connectivity index (χ0v) is 11.3. The predicted octanol–water partition coefficient (Wildman–Crippen LogP) is 0.561. The Kier molecular flexibility index (Phi) is 3.68. The summed E-state index contributed by atoms with van der Waals surface area (Å²) in [6, 6.07) is 7.34. The number of hydrogen-bond acceptors (Lipinski definition) is 5. The number of ether oxygens (including phenoxy) is 2. The molecule has 0 amide bonds. The van der Waals surface area contributed by atoms with Crippen LogP contribution in [0.2, 0.25) is 0 Å². The lowest BCUT2D eigenvalue weighted by Gasteiger charge is -2.15. The summed E-state index contributed by atoms with van der Waals surface area (Å²) in [5, 5.41) is 9.62. The van der Waals surface area contributed by atoms with Crippen LogP contribution in [0.5, 0.6) is 0 Å². The van der Waals surface area contributed by atoms with Crippen molar-refractivity contribution in [2.24, 2.45) is 0 Å². The molecule has 19 heavy (non-hydrogen) atoms. The van der Waals surface area contributed by atoms with Gasteiger partial charge in [-0.3, -0.25) is 4.18 Å². The second-order valence-electron chi connectivity index (χ2n) is 4.85. The quantitative estimate of drug-likeness (QED) is 0.878. The van der Waals surface area contributed by atoms with Crippen LogP contribution in [0.15, 0.2) is 29.2 Å². The Bertz CT molecular complexity index is 474. The maximum atomic E-state index is 12.1. The van der Waals surface area contributed by atoms with Crippen molar-refractivity contribution in [3.8, 4) is 0 Å². The Morgan fingerprint density at radius 2 is 1.89 bits per heavy atom. The zero-order valence-electron chi connectivity index (χ0n) is 10.5. The van der Waals surface area contributed by atoms with Gasteiger partial charge in [0.25, 0.3) is 0 Å². The fourth-order valence-electron chi connectivity index (χ4n) is 2.34. The van der Waals surface area contributed by atoms with Crippen LogP contribution in [0.3, 0.4) is 0 Å². The van der Waals surface area contributed by atoms with Crippen LogP contribution in [-0.2, 0) is 24.7 Å². The van der Waals surface area contributed by atoms with Crippen molar-refractivity contribution >= 4 is 11.1 Å². The van der Waals surface area contributed by atoms with Crippen LogP contribution < -0.4 is 0 Å². The molecule has 6 heteroatoms. The Hall–Kier alpha value is -0.790. The second-order valence-corrected chi connectivity index (χ2v) is 5.98. The number of hydrogen-bond donors (Lipinski definition) is 1. The van der Waals surface area contributed by atoms with E-state index in [-0.39, 0.29) is 18.8 Å². The number of rotatable bonds is 3. The molecule has 2 aliphatic heterocycles. The molecule has 0 aliphatic carbocycles. The van der Waals surface area contributed by atoms with E-state index in [9.17, 15) is 9.32 Å². The van der Waals surface area contributed by atoms with Crippen LogP contribution >= 0.6 is 0 Å². The maximum Gasteiger partial charge on any atom is 0.189 e. The molecule has 0 saturated carbocycles. The van der Waals surface area contributed by atoms with Crippen molar-refractivity contribution in [1.29, 1.82) is 0 Å². The zero-order chi connectivity index (χ0) is 13.4. The first kappa shape index (κ1) is 13.2. The van der Waals surface area contributed by atoms with Crippen LogP contribution in [0.25, 0.3) is 0 Å². The van der Waals surface area contributed by atoms with E-state index in [1.807, 2.05) is 19.1 Å². The summed E-state index contributed by atoms with van der Waals surface area (Å²) in [6.07, 6.45) is -1.71. The summed E-state index contributed by atoms with van der Waals surface area (Å²) < 4.78 is 28.5. The number of aryl methyl sites for hydroxylation is 1. The van der Waals surface area contributed by atoms with Crippen LogP contribution in [0.4, 0.5) is 0 Å². The Morgan fingerprint density at radius 1 is 1.21 bits per heavy atom. The monoisotopic (exact) mass is 284 g/mol. The van der Waals surface area contributed by atoms with Gasteiger partial charge < -0.3 is 14.6 Å². The molecule has 0 aromatic heterocycles. The summed E-state index contributed by atoms with van der Waals surface area (Å²) in [4.78, 5) is 0.618. The summed E-state index contributed by atoms with van der Waals surface area (Å²) in [5.74, 6) is 0.